The zero-order chi connectivity index (χ0) is 20.2. The monoisotopic (exact) mass is 389 g/mol. The first kappa shape index (κ1) is 19.7. The van der Waals surface area contributed by atoms with Crippen LogP contribution in [-0.4, -0.2) is 53.5 Å². The summed E-state index contributed by atoms with van der Waals surface area (Å²) in [6, 6.07) is 17.4. The lowest BCUT2D eigenvalue weighted by atomic mass is 10.1. The van der Waals surface area contributed by atoms with E-state index >= 15 is 0 Å². The maximum atomic E-state index is 12.5. The van der Waals surface area contributed by atoms with E-state index in [9.17, 15) is 4.79 Å². The molecule has 0 unspecified atom stereocenters. The van der Waals surface area contributed by atoms with Gasteiger partial charge in [-0.25, -0.2) is 0 Å². The third-order valence-corrected chi connectivity index (χ3v) is 6.04. The number of hydrogen-bond acceptors (Lipinski definition) is 2. The lowest BCUT2D eigenvalue weighted by Gasteiger charge is -2.32. The van der Waals surface area contributed by atoms with E-state index in [2.05, 4.69) is 78.2 Å². The molecule has 1 fully saturated rings. The Kier molecular flexibility index (Phi) is 6.00. The second kappa shape index (κ2) is 8.83. The van der Waals surface area contributed by atoms with Crippen LogP contribution in [0.3, 0.4) is 0 Å². The molecule has 152 valence electrons. The fourth-order valence-electron chi connectivity index (χ4n) is 4.19. The minimum absolute atomic E-state index is 0.307. The molecule has 0 atom stereocenters. The molecule has 0 aliphatic carbocycles. The van der Waals surface area contributed by atoms with Crippen LogP contribution >= 0.6 is 0 Å². The first-order valence-electron chi connectivity index (χ1n) is 10.7. The number of hydrogen-bond donors (Lipinski definition) is 0. The summed E-state index contributed by atoms with van der Waals surface area (Å²) >= 11 is 0. The lowest BCUT2D eigenvalue weighted by Crippen LogP contribution is -2.47. The summed E-state index contributed by atoms with van der Waals surface area (Å²) < 4.78 is 2.34. The van der Waals surface area contributed by atoms with E-state index in [-0.39, 0.29) is 0 Å². The number of likely N-dealkylation sites (N-methyl/N-ethyl adjacent to an activating group) is 1. The van der Waals surface area contributed by atoms with Gasteiger partial charge in [-0.1, -0.05) is 48.0 Å². The van der Waals surface area contributed by atoms with E-state index in [0.717, 1.165) is 45.6 Å². The van der Waals surface area contributed by atoms with Crippen LogP contribution in [0.1, 0.15) is 29.5 Å². The molecule has 1 aliphatic rings. The van der Waals surface area contributed by atoms with Gasteiger partial charge < -0.3 is 14.4 Å². The van der Waals surface area contributed by atoms with Gasteiger partial charge in [0.15, 0.2) is 0 Å². The minimum Gasteiger partial charge on any atom is -0.343 e. The van der Waals surface area contributed by atoms with Gasteiger partial charge in [-0.2, -0.15) is 0 Å². The molecule has 4 nitrogen and oxygen atoms in total. The van der Waals surface area contributed by atoms with E-state index in [0.29, 0.717) is 12.3 Å². The third kappa shape index (κ3) is 4.70. The maximum Gasteiger partial charge on any atom is 0.222 e. The molecule has 1 aromatic heterocycles. The first-order chi connectivity index (χ1) is 14.1. The molecule has 0 radical (unpaired) electrons. The van der Waals surface area contributed by atoms with Crippen molar-refractivity contribution >= 4 is 16.8 Å². The molecule has 1 aliphatic heterocycles. The summed E-state index contributed by atoms with van der Waals surface area (Å²) in [6.07, 6.45) is 4.77. The molecular weight excluding hydrogens is 358 g/mol. The highest BCUT2D eigenvalue weighted by atomic mass is 16.2. The highest BCUT2D eigenvalue weighted by molar-refractivity contribution is 5.84. The SMILES string of the molecule is Cc1ccc(Cn2cc(CCCC(=O)N3CCN(C)CC3)c3ccccc32)cc1. The highest BCUT2D eigenvalue weighted by Gasteiger charge is 2.18. The molecule has 4 rings (SSSR count). The van der Waals surface area contributed by atoms with Gasteiger partial charge in [0.05, 0.1) is 0 Å². The normalized spacial score (nSPS) is 15.2. The number of benzene rings is 2. The number of aromatic nitrogens is 1. The highest BCUT2D eigenvalue weighted by Crippen LogP contribution is 2.24. The summed E-state index contributed by atoms with van der Waals surface area (Å²) in [6.45, 7) is 6.70. The lowest BCUT2D eigenvalue weighted by molar-refractivity contribution is -0.132. The van der Waals surface area contributed by atoms with Crippen molar-refractivity contribution in [2.75, 3.05) is 33.2 Å². The van der Waals surface area contributed by atoms with Crippen molar-refractivity contribution in [2.45, 2.75) is 32.7 Å². The van der Waals surface area contributed by atoms with Crippen molar-refractivity contribution in [2.24, 2.45) is 0 Å². The van der Waals surface area contributed by atoms with Gasteiger partial charge in [-0.05, 0) is 44.0 Å². The molecule has 1 saturated heterocycles. The van der Waals surface area contributed by atoms with Crippen LogP contribution in [0.5, 0.6) is 0 Å². The number of para-hydroxylation sites is 1. The Balaban J connectivity index is 1.42. The molecule has 0 bridgehead atoms. The van der Waals surface area contributed by atoms with Crippen molar-refractivity contribution in [3.63, 3.8) is 0 Å². The summed E-state index contributed by atoms with van der Waals surface area (Å²) in [5.41, 5.74) is 5.22. The van der Waals surface area contributed by atoms with Gasteiger partial charge in [0.2, 0.25) is 5.91 Å². The molecule has 1 amide bonds. The maximum absolute atomic E-state index is 12.5. The van der Waals surface area contributed by atoms with Gasteiger partial charge in [-0.15, -0.1) is 0 Å². The number of carbonyl (C=O) groups excluding carboxylic acids is 1. The van der Waals surface area contributed by atoms with Crippen LogP contribution in [-0.2, 0) is 17.8 Å². The topological polar surface area (TPSA) is 28.5 Å². The first-order valence-corrected chi connectivity index (χ1v) is 10.7. The number of aryl methyl sites for hydroxylation is 2. The number of piperazine rings is 1. The summed E-state index contributed by atoms with van der Waals surface area (Å²) in [7, 11) is 2.12. The molecule has 29 heavy (non-hydrogen) atoms. The average molecular weight is 390 g/mol. The molecule has 0 saturated carbocycles. The molecule has 0 spiro atoms. The molecule has 2 aromatic carbocycles. The van der Waals surface area contributed by atoms with E-state index in [1.807, 2.05) is 4.90 Å². The van der Waals surface area contributed by atoms with Crippen molar-refractivity contribution in [3.05, 3.63) is 71.4 Å². The van der Waals surface area contributed by atoms with Crippen LogP contribution in [0.4, 0.5) is 0 Å². The van der Waals surface area contributed by atoms with Crippen LogP contribution in [0.15, 0.2) is 54.7 Å². The predicted octanol–water partition coefficient (Wildman–Crippen LogP) is 4.09. The summed E-state index contributed by atoms with van der Waals surface area (Å²) in [5, 5.41) is 1.31. The average Bonchev–Trinajstić information content (AvgIpc) is 3.08. The van der Waals surface area contributed by atoms with Crippen LogP contribution in [0.25, 0.3) is 10.9 Å². The number of carbonyl (C=O) groups is 1. The molecule has 2 heterocycles. The fourth-order valence-corrected chi connectivity index (χ4v) is 4.19. The van der Waals surface area contributed by atoms with Gasteiger partial charge in [0.1, 0.15) is 0 Å². The standard InChI is InChI=1S/C25H31N3O/c1-20-10-12-21(13-11-20)18-28-19-22(23-7-3-4-8-24(23)28)6-5-9-25(29)27-16-14-26(2)15-17-27/h3-4,7-8,10-13,19H,5-6,9,14-18H2,1-2H3. The Morgan fingerprint density at radius 3 is 2.45 bits per heavy atom. The zero-order valence-corrected chi connectivity index (χ0v) is 17.6. The Bertz CT molecular complexity index is 965. The van der Waals surface area contributed by atoms with Crippen LogP contribution in [0.2, 0.25) is 0 Å². The van der Waals surface area contributed by atoms with Crippen LogP contribution in [0, 0.1) is 6.92 Å². The largest absolute Gasteiger partial charge is 0.343 e. The zero-order valence-electron chi connectivity index (χ0n) is 17.6. The molecule has 3 aromatic rings. The summed E-state index contributed by atoms with van der Waals surface area (Å²) in [4.78, 5) is 16.8. The van der Waals surface area contributed by atoms with Crippen molar-refractivity contribution < 1.29 is 4.79 Å². The van der Waals surface area contributed by atoms with Gasteiger partial charge >= 0.3 is 0 Å². The van der Waals surface area contributed by atoms with Crippen LogP contribution < -0.4 is 0 Å². The smallest absolute Gasteiger partial charge is 0.222 e. The van der Waals surface area contributed by atoms with E-state index in [4.69, 9.17) is 0 Å². The van der Waals surface area contributed by atoms with Gasteiger partial charge in [-0.3, -0.25) is 4.79 Å². The summed E-state index contributed by atoms with van der Waals surface area (Å²) in [5.74, 6) is 0.307. The van der Waals surface area contributed by atoms with Gasteiger partial charge in [0.25, 0.3) is 0 Å². The second-order valence-electron chi connectivity index (χ2n) is 8.32. The number of amides is 1. The predicted molar refractivity (Wildman–Crippen MR) is 119 cm³/mol. The van der Waals surface area contributed by atoms with Crippen molar-refractivity contribution in [1.82, 2.24) is 14.4 Å². The number of rotatable bonds is 6. The molecular formula is C25H31N3O. The number of fused-ring (bicyclic) bond motifs is 1. The fraction of sp³-hybridized carbons (Fsp3) is 0.400. The minimum atomic E-state index is 0.307. The Labute approximate surface area is 173 Å². The molecule has 4 heteroatoms. The molecule has 0 N–H and O–H groups in total. The Morgan fingerprint density at radius 2 is 1.69 bits per heavy atom. The Hall–Kier alpha value is -2.59. The van der Waals surface area contributed by atoms with E-state index in [1.165, 1.54) is 27.6 Å². The second-order valence-corrected chi connectivity index (χ2v) is 8.32. The number of nitrogens with zero attached hydrogens (tertiary/aromatic N) is 3. The third-order valence-electron chi connectivity index (χ3n) is 6.04. The van der Waals surface area contributed by atoms with Crippen molar-refractivity contribution in [3.8, 4) is 0 Å². The van der Waals surface area contributed by atoms with E-state index < -0.39 is 0 Å². The van der Waals surface area contributed by atoms with Crippen molar-refractivity contribution in [1.29, 1.82) is 0 Å². The quantitative estimate of drug-likeness (QED) is 0.635. The van der Waals surface area contributed by atoms with Gasteiger partial charge in [0, 0.05) is 56.2 Å². The Morgan fingerprint density at radius 1 is 0.966 bits per heavy atom. The van der Waals surface area contributed by atoms with E-state index in [1.54, 1.807) is 0 Å².